The van der Waals surface area contributed by atoms with Gasteiger partial charge in [0.05, 0.1) is 0 Å². The van der Waals surface area contributed by atoms with Crippen molar-refractivity contribution in [1.29, 1.82) is 0 Å². The van der Waals surface area contributed by atoms with Gasteiger partial charge in [-0.2, -0.15) is 0 Å². The lowest BCUT2D eigenvalue weighted by atomic mass is 9.86. The highest BCUT2D eigenvalue weighted by molar-refractivity contribution is 4.78. The third-order valence-electron chi connectivity index (χ3n) is 4.45. The molecule has 1 rings (SSSR count). The molecule has 1 fully saturated rings. The van der Waals surface area contributed by atoms with E-state index in [4.69, 9.17) is 0 Å². The van der Waals surface area contributed by atoms with Crippen molar-refractivity contribution < 1.29 is 0 Å². The maximum Gasteiger partial charge on any atom is 0.00672 e. The molecule has 0 heterocycles. The zero-order chi connectivity index (χ0) is 15.2. The maximum atomic E-state index is 3.72. The molecule has 21 heavy (non-hydrogen) atoms. The highest BCUT2D eigenvalue weighted by Gasteiger charge is 2.20. The third kappa shape index (κ3) is 10.2. The van der Waals surface area contributed by atoms with Crippen molar-refractivity contribution >= 4 is 0 Å². The van der Waals surface area contributed by atoms with E-state index in [-0.39, 0.29) is 0 Å². The summed E-state index contributed by atoms with van der Waals surface area (Å²) in [5.74, 6) is 0.906. The molecule has 0 amide bonds. The average molecular weight is 299 g/mol. The fourth-order valence-corrected chi connectivity index (χ4v) is 3.09. The van der Waals surface area contributed by atoms with Gasteiger partial charge in [-0.3, -0.25) is 0 Å². The Morgan fingerprint density at radius 3 is 1.90 bits per heavy atom. The Morgan fingerprint density at radius 2 is 1.29 bits per heavy atom. The molecule has 4 N–H and O–H groups in total. The normalized spacial score (nSPS) is 22.6. The van der Waals surface area contributed by atoms with Gasteiger partial charge in [0.15, 0.2) is 0 Å². The van der Waals surface area contributed by atoms with Crippen molar-refractivity contribution in [1.82, 2.24) is 21.3 Å². The summed E-state index contributed by atoms with van der Waals surface area (Å²) >= 11 is 0. The van der Waals surface area contributed by atoms with Crippen LogP contribution in [0.25, 0.3) is 0 Å². The fraction of sp³-hybridized carbons (Fsp3) is 1.00. The van der Waals surface area contributed by atoms with E-state index in [0.29, 0.717) is 0 Å². The predicted octanol–water partition coefficient (Wildman–Crippen LogP) is 1.72. The van der Waals surface area contributed by atoms with E-state index >= 15 is 0 Å². The summed E-state index contributed by atoms with van der Waals surface area (Å²) in [7, 11) is 0. The van der Waals surface area contributed by atoms with Gasteiger partial charge in [-0.15, -0.1) is 0 Å². The Morgan fingerprint density at radius 1 is 0.714 bits per heavy atom. The van der Waals surface area contributed by atoms with E-state index in [1.807, 2.05) is 0 Å². The zero-order valence-electron chi connectivity index (χ0n) is 14.3. The summed E-state index contributed by atoms with van der Waals surface area (Å²) in [5.41, 5.74) is 0. The van der Waals surface area contributed by atoms with Gasteiger partial charge in [-0.25, -0.2) is 0 Å². The van der Waals surface area contributed by atoms with Crippen LogP contribution in [0.1, 0.15) is 52.4 Å². The molecule has 0 bridgehead atoms. The molecule has 1 aliphatic rings. The van der Waals surface area contributed by atoms with Gasteiger partial charge < -0.3 is 21.3 Å². The number of nitrogens with one attached hydrogen (secondary N) is 4. The Labute approximate surface area is 132 Å². The van der Waals surface area contributed by atoms with Gasteiger partial charge >= 0.3 is 0 Å². The smallest absolute Gasteiger partial charge is 0.00672 e. The Balaban J connectivity index is 1.90. The summed E-state index contributed by atoms with van der Waals surface area (Å²) in [6, 6.07) is 0.775. The standard InChI is InChI=1S/C17H38N4/c1-3-18-11-5-13-20-15-16-7-9-17(10-8-16)21-14-6-12-19-4-2/h16-21H,3-15H2,1-2H3. The van der Waals surface area contributed by atoms with Crippen LogP contribution in [-0.2, 0) is 0 Å². The summed E-state index contributed by atoms with van der Waals surface area (Å²) in [6.07, 6.45) is 8.02. The van der Waals surface area contributed by atoms with E-state index in [1.54, 1.807) is 0 Å². The Bertz CT molecular complexity index is 215. The zero-order valence-corrected chi connectivity index (χ0v) is 14.3. The van der Waals surface area contributed by atoms with Crippen LogP contribution >= 0.6 is 0 Å². The van der Waals surface area contributed by atoms with Crippen molar-refractivity contribution in [2.24, 2.45) is 5.92 Å². The van der Waals surface area contributed by atoms with Crippen LogP contribution in [0, 0.1) is 5.92 Å². The minimum atomic E-state index is 0.775. The summed E-state index contributed by atoms with van der Waals surface area (Å²) < 4.78 is 0. The van der Waals surface area contributed by atoms with Crippen molar-refractivity contribution in [3.05, 3.63) is 0 Å². The molecule has 4 heteroatoms. The number of hydrogen-bond donors (Lipinski definition) is 4. The molecule has 1 saturated carbocycles. The van der Waals surface area contributed by atoms with Gasteiger partial charge in [-0.05, 0) is 90.3 Å². The quantitative estimate of drug-likeness (QED) is 0.391. The van der Waals surface area contributed by atoms with Crippen LogP contribution in [0.15, 0.2) is 0 Å². The molecule has 0 saturated heterocycles. The number of rotatable bonds is 13. The second-order valence-corrected chi connectivity index (χ2v) is 6.29. The van der Waals surface area contributed by atoms with E-state index < -0.39 is 0 Å². The molecule has 0 aromatic rings. The minimum absolute atomic E-state index is 0.775. The molecule has 4 nitrogen and oxygen atoms in total. The van der Waals surface area contributed by atoms with Crippen LogP contribution in [0.2, 0.25) is 0 Å². The van der Waals surface area contributed by atoms with E-state index in [9.17, 15) is 0 Å². The van der Waals surface area contributed by atoms with Gasteiger partial charge in [0, 0.05) is 6.04 Å². The van der Waals surface area contributed by atoms with E-state index in [2.05, 4.69) is 35.1 Å². The van der Waals surface area contributed by atoms with Crippen molar-refractivity contribution in [3.8, 4) is 0 Å². The summed E-state index contributed by atoms with van der Waals surface area (Å²) in [6.45, 7) is 12.4. The minimum Gasteiger partial charge on any atom is -0.317 e. The highest BCUT2D eigenvalue weighted by Crippen LogP contribution is 2.23. The third-order valence-corrected chi connectivity index (χ3v) is 4.45. The first-order valence-corrected chi connectivity index (χ1v) is 9.22. The van der Waals surface area contributed by atoms with Crippen molar-refractivity contribution in [3.63, 3.8) is 0 Å². The van der Waals surface area contributed by atoms with Crippen LogP contribution in [0.5, 0.6) is 0 Å². The second-order valence-electron chi connectivity index (χ2n) is 6.29. The van der Waals surface area contributed by atoms with Crippen LogP contribution < -0.4 is 21.3 Å². The lowest BCUT2D eigenvalue weighted by Gasteiger charge is -2.29. The molecule has 0 radical (unpaired) electrons. The van der Waals surface area contributed by atoms with Gasteiger partial charge in [0.25, 0.3) is 0 Å². The molecular weight excluding hydrogens is 260 g/mol. The molecule has 1 aliphatic carbocycles. The lowest BCUT2D eigenvalue weighted by Crippen LogP contribution is -2.37. The SMILES string of the molecule is CCNCCCNCC1CCC(NCCCNCC)CC1. The van der Waals surface area contributed by atoms with Gasteiger partial charge in [-0.1, -0.05) is 13.8 Å². The topological polar surface area (TPSA) is 48.1 Å². The largest absolute Gasteiger partial charge is 0.317 e. The summed E-state index contributed by atoms with van der Waals surface area (Å²) in [4.78, 5) is 0. The van der Waals surface area contributed by atoms with Gasteiger partial charge in [0.2, 0.25) is 0 Å². The molecule has 126 valence electrons. The fourth-order valence-electron chi connectivity index (χ4n) is 3.09. The first-order chi connectivity index (χ1) is 10.4. The maximum absolute atomic E-state index is 3.72. The second kappa shape index (κ2) is 13.5. The van der Waals surface area contributed by atoms with E-state index in [0.717, 1.165) is 44.7 Å². The molecule has 0 aromatic carbocycles. The Kier molecular flexibility index (Phi) is 12.1. The first-order valence-electron chi connectivity index (χ1n) is 9.22. The molecule has 0 unspecified atom stereocenters. The Hall–Kier alpha value is -0.160. The molecule has 0 atom stereocenters. The van der Waals surface area contributed by atoms with Crippen LogP contribution in [0.4, 0.5) is 0 Å². The van der Waals surface area contributed by atoms with Crippen LogP contribution in [0.3, 0.4) is 0 Å². The molecule has 0 aliphatic heterocycles. The highest BCUT2D eigenvalue weighted by atomic mass is 14.9. The van der Waals surface area contributed by atoms with Crippen molar-refractivity contribution in [2.45, 2.75) is 58.4 Å². The first kappa shape index (κ1) is 18.9. The number of hydrogen-bond acceptors (Lipinski definition) is 4. The predicted molar refractivity (Wildman–Crippen MR) is 92.9 cm³/mol. The average Bonchev–Trinajstić information content (AvgIpc) is 2.52. The van der Waals surface area contributed by atoms with Gasteiger partial charge in [0.1, 0.15) is 0 Å². The summed E-state index contributed by atoms with van der Waals surface area (Å²) in [5, 5.41) is 14.1. The van der Waals surface area contributed by atoms with E-state index in [1.165, 1.54) is 51.6 Å². The molecular formula is C17H38N4. The monoisotopic (exact) mass is 298 g/mol. The molecule has 0 aromatic heterocycles. The lowest BCUT2D eigenvalue weighted by molar-refractivity contribution is 0.283. The molecule has 0 spiro atoms. The van der Waals surface area contributed by atoms with Crippen LogP contribution in [-0.4, -0.2) is 51.9 Å². The van der Waals surface area contributed by atoms with Crippen molar-refractivity contribution in [2.75, 3.05) is 45.8 Å².